The molecule has 8 heteroatoms. The van der Waals surface area contributed by atoms with Crippen LogP contribution in [0.25, 0.3) is 22.2 Å². The van der Waals surface area contributed by atoms with Gasteiger partial charge in [-0.15, -0.1) is 0 Å². The summed E-state index contributed by atoms with van der Waals surface area (Å²) in [5.74, 6) is 1.12. The summed E-state index contributed by atoms with van der Waals surface area (Å²) in [5.41, 5.74) is 5.81. The monoisotopic (exact) mass is 496 g/mol. The van der Waals surface area contributed by atoms with Crippen molar-refractivity contribution in [1.29, 1.82) is 0 Å². The Morgan fingerprint density at radius 3 is 2.54 bits per heavy atom. The van der Waals surface area contributed by atoms with E-state index in [0.29, 0.717) is 25.1 Å². The van der Waals surface area contributed by atoms with Crippen LogP contribution in [0.5, 0.6) is 0 Å². The van der Waals surface area contributed by atoms with Gasteiger partial charge in [-0.25, -0.2) is 9.97 Å². The Kier molecular flexibility index (Phi) is 6.65. The second kappa shape index (κ2) is 10.0. The van der Waals surface area contributed by atoms with Gasteiger partial charge in [-0.1, -0.05) is 12.1 Å². The molecular weight excluding hydrogens is 464 g/mol. The highest BCUT2D eigenvalue weighted by atomic mass is 16.2. The maximum Gasteiger partial charge on any atom is 0.253 e. The second-order valence-electron chi connectivity index (χ2n) is 9.80. The number of amides is 2. The number of anilines is 1. The third-order valence-electron chi connectivity index (χ3n) is 7.27. The number of carbonyl (C=O) groups is 2. The maximum absolute atomic E-state index is 13.1. The molecule has 190 valence electrons. The largest absolute Gasteiger partial charge is 0.373 e. The Hall–Kier alpha value is -4.20. The lowest BCUT2D eigenvalue weighted by Gasteiger charge is -2.32. The standard InChI is InChI=1S/C29H32N6O2/c1-30-26-10-9-22(17-32-26)24-11-13-31-28-25(24)16-23(34(28)4)18-35-14-12-21(15-27(35)36)19-5-7-20(8-6-19)29(37)33(2)3/h5-11,13,16-17,21H,12,14-15,18H2,1-4H3,(H,30,32)/t21-/m0/s1. The van der Waals surface area contributed by atoms with Crippen molar-refractivity contribution in [3.63, 3.8) is 0 Å². The number of rotatable bonds is 6. The van der Waals surface area contributed by atoms with Crippen molar-refractivity contribution in [1.82, 2.24) is 24.3 Å². The average Bonchev–Trinajstić information content (AvgIpc) is 3.24. The molecule has 0 bridgehead atoms. The first kappa shape index (κ1) is 24.5. The van der Waals surface area contributed by atoms with E-state index in [1.54, 1.807) is 19.0 Å². The quantitative estimate of drug-likeness (QED) is 0.431. The van der Waals surface area contributed by atoms with Crippen LogP contribution in [0.3, 0.4) is 0 Å². The molecular formula is C29H32N6O2. The molecule has 4 aromatic rings. The van der Waals surface area contributed by atoms with Crippen LogP contribution in [-0.4, -0.2) is 63.8 Å². The molecule has 5 rings (SSSR count). The SMILES string of the molecule is CNc1ccc(-c2ccnc3c2cc(CN2CC[C@H](c4ccc(C(=O)N(C)C)cc4)CC2=O)n3C)cn1. The predicted molar refractivity (Wildman–Crippen MR) is 145 cm³/mol. The molecule has 0 unspecified atom stereocenters. The molecule has 1 aliphatic rings. The Morgan fingerprint density at radius 1 is 1.11 bits per heavy atom. The van der Waals surface area contributed by atoms with Gasteiger partial charge in [-0.05, 0) is 59.9 Å². The van der Waals surface area contributed by atoms with Crippen molar-refractivity contribution in [2.75, 3.05) is 33.0 Å². The van der Waals surface area contributed by atoms with Crippen LogP contribution in [0.4, 0.5) is 5.82 Å². The number of pyridine rings is 2. The van der Waals surface area contributed by atoms with Gasteiger partial charge in [0.15, 0.2) is 0 Å². The molecule has 1 aliphatic heterocycles. The van der Waals surface area contributed by atoms with Crippen molar-refractivity contribution in [3.8, 4) is 11.1 Å². The number of hydrogen-bond acceptors (Lipinski definition) is 5. The van der Waals surface area contributed by atoms with Crippen molar-refractivity contribution >= 4 is 28.7 Å². The van der Waals surface area contributed by atoms with Gasteiger partial charge < -0.3 is 19.7 Å². The second-order valence-corrected chi connectivity index (χ2v) is 9.80. The van der Waals surface area contributed by atoms with Gasteiger partial charge in [0.1, 0.15) is 11.5 Å². The molecule has 1 aromatic carbocycles. The molecule has 37 heavy (non-hydrogen) atoms. The fourth-order valence-corrected chi connectivity index (χ4v) is 5.06. The minimum atomic E-state index is -0.0173. The molecule has 2 amide bonds. The molecule has 0 radical (unpaired) electrons. The van der Waals surface area contributed by atoms with Crippen LogP contribution in [0, 0.1) is 0 Å². The molecule has 1 N–H and O–H groups in total. The fourth-order valence-electron chi connectivity index (χ4n) is 5.06. The number of nitrogens with zero attached hydrogens (tertiary/aromatic N) is 5. The number of nitrogens with one attached hydrogen (secondary N) is 1. The van der Waals surface area contributed by atoms with E-state index in [1.807, 2.05) is 67.8 Å². The van der Waals surface area contributed by atoms with Gasteiger partial charge in [0, 0.05) is 75.8 Å². The smallest absolute Gasteiger partial charge is 0.253 e. The first-order valence-electron chi connectivity index (χ1n) is 12.5. The normalized spacial score (nSPS) is 15.7. The number of piperidine rings is 1. The number of benzene rings is 1. The molecule has 1 atom stereocenters. The topological polar surface area (TPSA) is 83.4 Å². The summed E-state index contributed by atoms with van der Waals surface area (Å²) in [7, 11) is 7.35. The van der Waals surface area contributed by atoms with Gasteiger partial charge >= 0.3 is 0 Å². The summed E-state index contributed by atoms with van der Waals surface area (Å²) in [6, 6.07) is 15.9. The van der Waals surface area contributed by atoms with Crippen LogP contribution in [0.2, 0.25) is 0 Å². The minimum absolute atomic E-state index is 0.0173. The summed E-state index contributed by atoms with van der Waals surface area (Å²) < 4.78 is 2.08. The third-order valence-corrected chi connectivity index (χ3v) is 7.27. The highest BCUT2D eigenvalue weighted by molar-refractivity contribution is 5.94. The van der Waals surface area contributed by atoms with E-state index in [0.717, 1.165) is 45.7 Å². The van der Waals surface area contributed by atoms with Crippen molar-refractivity contribution in [2.24, 2.45) is 7.05 Å². The summed E-state index contributed by atoms with van der Waals surface area (Å²) in [4.78, 5) is 37.9. The molecule has 3 aromatic heterocycles. The average molecular weight is 497 g/mol. The Balaban J connectivity index is 1.32. The molecule has 4 heterocycles. The first-order chi connectivity index (χ1) is 17.9. The van der Waals surface area contributed by atoms with Gasteiger partial charge in [-0.3, -0.25) is 9.59 Å². The lowest BCUT2D eigenvalue weighted by Crippen LogP contribution is -2.38. The minimum Gasteiger partial charge on any atom is -0.373 e. The van der Waals surface area contributed by atoms with E-state index >= 15 is 0 Å². The van der Waals surface area contributed by atoms with Crippen LogP contribution in [0.1, 0.15) is 40.4 Å². The van der Waals surface area contributed by atoms with E-state index in [2.05, 4.69) is 32.0 Å². The van der Waals surface area contributed by atoms with Crippen molar-refractivity contribution in [3.05, 3.63) is 77.7 Å². The zero-order chi connectivity index (χ0) is 26.1. The molecule has 0 spiro atoms. The molecule has 0 aliphatic carbocycles. The zero-order valence-electron chi connectivity index (χ0n) is 21.7. The number of hydrogen-bond donors (Lipinski definition) is 1. The van der Waals surface area contributed by atoms with Gasteiger partial charge in [0.25, 0.3) is 5.91 Å². The van der Waals surface area contributed by atoms with Crippen molar-refractivity contribution in [2.45, 2.75) is 25.3 Å². The van der Waals surface area contributed by atoms with Gasteiger partial charge in [-0.2, -0.15) is 0 Å². The van der Waals surface area contributed by atoms with Crippen LogP contribution in [0.15, 0.2) is 60.9 Å². The molecule has 0 saturated carbocycles. The first-order valence-corrected chi connectivity index (χ1v) is 12.5. The Morgan fingerprint density at radius 2 is 1.89 bits per heavy atom. The number of carbonyl (C=O) groups excluding carboxylic acids is 2. The summed E-state index contributed by atoms with van der Waals surface area (Å²) in [5, 5.41) is 4.10. The highest BCUT2D eigenvalue weighted by Gasteiger charge is 2.28. The molecule has 1 saturated heterocycles. The molecule has 1 fully saturated rings. The number of fused-ring (bicyclic) bond motifs is 1. The third kappa shape index (κ3) is 4.79. The molecule has 8 nitrogen and oxygen atoms in total. The van der Waals surface area contributed by atoms with Crippen LogP contribution >= 0.6 is 0 Å². The van der Waals surface area contributed by atoms with E-state index in [9.17, 15) is 9.59 Å². The highest BCUT2D eigenvalue weighted by Crippen LogP contribution is 2.32. The van der Waals surface area contributed by atoms with Gasteiger partial charge in [0.05, 0.1) is 6.54 Å². The van der Waals surface area contributed by atoms with Crippen LogP contribution < -0.4 is 5.32 Å². The Labute approximate surface area is 216 Å². The maximum atomic E-state index is 13.1. The fraction of sp³-hybridized carbons (Fsp3) is 0.310. The van der Waals surface area contributed by atoms with E-state index in [4.69, 9.17) is 0 Å². The van der Waals surface area contributed by atoms with Gasteiger partial charge in [0.2, 0.25) is 5.91 Å². The lowest BCUT2D eigenvalue weighted by atomic mass is 9.88. The number of aromatic nitrogens is 3. The number of likely N-dealkylation sites (tertiary alicyclic amines) is 1. The summed E-state index contributed by atoms with van der Waals surface area (Å²) in [6.45, 7) is 1.24. The van der Waals surface area contributed by atoms with E-state index in [1.165, 1.54) is 0 Å². The summed E-state index contributed by atoms with van der Waals surface area (Å²) >= 11 is 0. The lowest BCUT2D eigenvalue weighted by molar-refractivity contribution is -0.134. The van der Waals surface area contributed by atoms with E-state index < -0.39 is 0 Å². The Bertz CT molecular complexity index is 1440. The van der Waals surface area contributed by atoms with E-state index in [-0.39, 0.29) is 17.7 Å². The van der Waals surface area contributed by atoms with Crippen molar-refractivity contribution < 1.29 is 9.59 Å². The zero-order valence-corrected chi connectivity index (χ0v) is 21.7. The summed E-state index contributed by atoms with van der Waals surface area (Å²) in [6.07, 6.45) is 5.05. The van der Waals surface area contributed by atoms with Crippen LogP contribution in [-0.2, 0) is 18.4 Å². The number of aryl methyl sites for hydroxylation is 1. The predicted octanol–water partition coefficient (Wildman–Crippen LogP) is 4.29.